The maximum atomic E-state index is 14.9. The van der Waals surface area contributed by atoms with Crippen molar-refractivity contribution < 1.29 is 60.6 Å². The molecule has 1 aromatic rings. The topological polar surface area (TPSA) is 250 Å². The van der Waals surface area contributed by atoms with Gasteiger partial charge in [0.05, 0.1) is 6.61 Å². The van der Waals surface area contributed by atoms with Crippen molar-refractivity contribution in [1.82, 2.24) is 9.55 Å². The van der Waals surface area contributed by atoms with Gasteiger partial charge >= 0.3 is 29.2 Å². The molecule has 0 aromatic carbocycles. The van der Waals surface area contributed by atoms with E-state index in [0.717, 1.165) is 12.3 Å². The van der Waals surface area contributed by atoms with Crippen LogP contribution in [0.4, 0.5) is 10.2 Å². The SMILES string of the molecule is CC(C)[C@]1(COP(=O)(O)OP(=O)(O)OP(=O)(O)O)OC(n2ccc(N)nc2=O)[C@@H](F)[C@@H]1O. The minimum Gasteiger partial charge on any atom is -0.387 e. The maximum absolute atomic E-state index is 14.9. The van der Waals surface area contributed by atoms with Crippen molar-refractivity contribution in [2.45, 2.75) is 38.0 Å². The van der Waals surface area contributed by atoms with Gasteiger partial charge in [0.15, 0.2) is 12.4 Å². The second-order valence-electron chi connectivity index (χ2n) is 6.91. The number of aliphatic hydroxyl groups excluding tert-OH is 1. The molecule has 1 fully saturated rings. The standard InChI is InChI=1S/C12H21FN3O13P3/c1-6(2)12(5-26-31(22,23)29-32(24,25)28-30(19,20)21)9(17)8(13)10(27-12)16-4-3-7(14)15-11(16)18/h3-4,6,8-10,17H,5H2,1-2H3,(H,22,23)(H,24,25)(H2,14,15,18)(H2,19,20,21)/t8-,9-,10?,12-/m0/s1. The molecule has 32 heavy (non-hydrogen) atoms. The summed E-state index contributed by atoms with van der Waals surface area (Å²) in [4.78, 5) is 51.4. The number of nitrogens with zero attached hydrogens (tertiary/aromatic N) is 2. The second-order valence-corrected chi connectivity index (χ2v) is 11.3. The number of nitrogens with two attached hydrogens (primary N) is 1. The number of alkyl halides is 1. The summed E-state index contributed by atoms with van der Waals surface area (Å²) in [6.07, 6.45) is -5.00. The predicted molar refractivity (Wildman–Crippen MR) is 101 cm³/mol. The van der Waals surface area contributed by atoms with E-state index in [9.17, 15) is 37.8 Å². The molecule has 184 valence electrons. The van der Waals surface area contributed by atoms with E-state index in [2.05, 4.69) is 18.1 Å². The molecule has 0 bridgehead atoms. The Hall–Kier alpha value is -1.06. The fourth-order valence-corrected chi connectivity index (χ4v) is 5.92. The summed E-state index contributed by atoms with van der Waals surface area (Å²) in [5.41, 5.74) is 2.27. The van der Waals surface area contributed by atoms with E-state index in [1.807, 2.05) is 0 Å². The number of hydrogen-bond donors (Lipinski definition) is 6. The minimum absolute atomic E-state index is 0.164. The third-order valence-electron chi connectivity index (χ3n) is 4.39. The summed E-state index contributed by atoms with van der Waals surface area (Å²) in [7, 11) is -17.0. The molecule has 1 aromatic heterocycles. The van der Waals surface area contributed by atoms with Crippen molar-refractivity contribution in [3.8, 4) is 0 Å². The van der Waals surface area contributed by atoms with E-state index in [4.69, 9.17) is 20.3 Å². The summed E-state index contributed by atoms with van der Waals surface area (Å²) in [6.45, 7) is 1.69. The Bertz CT molecular complexity index is 1050. The molecule has 16 nitrogen and oxygen atoms in total. The third kappa shape index (κ3) is 6.29. The maximum Gasteiger partial charge on any atom is 0.490 e. The van der Waals surface area contributed by atoms with E-state index in [1.165, 1.54) is 13.8 Å². The van der Waals surface area contributed by atoms with Crippen molar-refractivity contribution in [3.63, 3.8) is 0 Å². The molecule has 1 aliphatic heterocycles. The molecular weight excluding hydrogens is 506 g/mol. The molecule has 2 rings (SSSR count). The first-order valence-corrected chi connectivity index (χ1v) is 13.0. The minimum atomic E-state index is -5.79. The van der Waals surface area contributed by atoms with Gasteiger partial charge in [-0.3, -0.25) is 9.09 Å². The molecular formula is C12H21FN3O13P3. The van der Waals surface area contributed by atoms with Crippen molar-refractivity contribution in [3.05, 3.63) is 22.7 Å². The van der Waals surface area contributed by atoms with Crippen LogP contribution in [0.5, 0.6) is 0 Å². The van der Waals surface area contributed by atoms with Crippen LogP contribution in [-0.2, 0) is 31.6 Å². The van der Waals surface area contributed by atoms with E-state index < -0.39 is 65.8 Å². The van der Waals surface area contributed by atoms with Gasteiger partial charge in [-0.05, 0) is 12.0 Å². The van der Waals surface area contributed by atoms with Gasteiger partial charge in [-0.1, -0.05) is 13.8 Å². The lowest BCUT2D eigenvalue weighted by Gasteiger charge is -2.35. The van der Waals surface area contributed by atoms with Crippen LogP contribution in [0.25, 0.3) is 0 Å². The number of anilines is 1. The van der Waals surface area contributed by atoms with Gasteiger partial charge in [0.2, 0.25) is 0 Å². The zero-order valence-electron chi connectivity index (χ0n) is 16.4. The molecule has 7 N–H and O–H groups in total. The monoisotopic (exact) mass is 527 g/mol. The highest BCUT2D eigenvalue weighted by Crippen LogP contribution is 2.66. The van der Waals surface area contributed by atoms with Crippen LogP contribution in [-0.4, -0.2) is 58.7 Å². The third-order valence-corrected chi connectivity index (χ3v) is 8.17. The lowest BCUT2D eigenvalue weighted by Crippen LogP contribution is -2.50. The van der Waals surface area contributed by atoms with Crippen LogP contribution in [0.2, 0.25) is 0 Å². The van der Waals surface area contributed by atoms with Crippen LogP contribution in [0.1, 0.15) is 20.1 Å². The largest absolute Gasteiger partial charge is 0.490 e. The summed E-state index contributed by atoms with van der Waals surface area (Å²) in [6, 6.07) is 1.16. The summed E-state index contributed by atoms with van der Waals surface area (Å²) in [5.74, 6) is -1.01. The Morgan fingerprint density at radius 2 is 1.84 bits per heavy atom. The number of rotatable bonds is 9. The first kappa shape index (κ1) is 27.2. The first-order valence-electron chi connectivity index (χ1n) is 8.52. The highest BCUT2D eigenvalue weighted by atomic mass is 31.3. The van der Waals surface area contributed by atoms with Gasteiger partial charge in [0.1, 0.15) is 17.5 Å². The molecule has 6 atom stereocenters. The normalized spacial score (nSPS) is 30.2. The number of ether oxygens (including phenoxy) is 1. The Morgan fingerprint density at radius 3 is 2.34 bits per heavy atom. The summed E-state index contributed by atoms with van der Waals surface area (Å²) < 4.78 is 66.9. The molecule has 0 radical (unpaired) electrons. The number of phosphoric ester groups is 1. The number of nitrogen functional groups attached to an aromatic ring is 1. The molecule has 2 heterocycles. The van der Waals surface area contributed by atoms with E-state index in [0.29, 0.717) is 4.57 Å². The lowest BCUT2D eigenvalue weighted by molar-refractivity contribution is -0.151. The van der Waals surface area contributed by atoms with E-state index >= 15 is 0 Å². The average Bonchev–Trinajstić information content (AvgIpc) is 2.83. The highest BCUT2D eigenvalue weighted by Gasteiger charge is 2.59. The fraction of sp³-hybridized carbons (Fsp3) is 0.667. The zero-order valence-corrected chi connectivity index (χ0v) is 19.0. The van der Waals surface area contributed by atoms with Crippen molar-refractivity contribution in [2.24, 2.45) is 5.92 Å². The number of halogens is 1. The quantitative estimate of drug-likeness (QED) is 0.227. The van der Waals surface area contributed by atoms with E-state index in [1.54, 1.807) is 0 Å². The van der Waals surface area contributed by atoms with Gasteiger partial charge in [0.25, 0.3) is 0 Å². The van der Waals surface area contributed by atoms with Gasteiger partial charge < -0.3 is 35.2 Å². The Kier molecular flexibility index (Phi) is 7.90. The molecule has 0 aliphatic carbocycles. The van der Waals surface area contributed by atoms with Crippen LogP contribution < -0.4 is 11.4 Å². The molecule has 3 unspecified atom stereocenters. The smallest absolute Gasteiger partial charge is 0.387 e. The van der Waals surface area contributed by atoms with Crippen molar-refractivity contribution >= 4 is 29.3 Å². The molecule has 20 heteroatoms. The zero-order chi connectivity index (χ0) is 24.7. The average molecular weight is 527 g/mol. The Morgan fingerprint density at radius 1 is 1.25 bits per heavy atom. The first-order chi connectivity index (χ1) is 14.4. The second kappa shape index (κ2) is 9.29. The van der Waals surface area contributed by atoms with Gasteiger partial charge in [-0.2, -0.15) is 13.6 Å². The number of hydrogen-bond acceptors (Lipinski definition) is 11. The summed E-state index contributed by atoms with van der Waals surface area (Å²) in [5, 5.41) is 10.5. The molecule has 1 saturated heterocycles. The molecule has 1 aliphatic rings. The highest BCUT2D eigenvalue weighted by molar-refractivity contribution is 7.66. The van der Waals surface area contributed by atoms with E-state index in [-0.39, 0.29) is 5.82 Å². The van der Waals surface area contributed by atoms with Crippen LogP contribution >= 0.6 is 23.5 Å². The fourth-order valence-electron chi connectivity index (χ4n) is 2.86. The van der Waals surface area contributed by atoms with Crippen LogP contribution in [0, 0.1) is 5.92 Å². The Balaban J connectivity index is 2.27. The molecule has 0 spiro atoms. The predicted octanol–water partition coefficient (Wildman–Crippen LogP) is -0.209. The van der Waals surface area contributed by atoms with Gasteiger partial charge in [0, 0.05) is 6.20 Å². The van der Waals surface area contributed by atoms with Gasteiger partial charge in [-0.25, -0.2) is 22.9 Å². The van der Waals surface area contributed by atoms with Crippen LogP contribution in [0.3, 0.4) is 0 Å². The van der Waals surface area contributed by atoms with Crippen molar-refractivity contribution in [2.75, 3.05) is 12.3 Å². The Labute approximate surface area is 179 Å². The number of phosphoric acid groups is 3. The van der Waals surface area contributed by atoms with Gasteiger partial charge in [-0.15, -0.1) is 0 Å². The van der Waals surface area contributed by atoms with Crippen molar-refractivity contribution in [1.29, 1.82) is 0 Å². The summed E-state index contributed by atoms with van der Waals surface area (Å²) >= 11 is 0. The number of aliphatic hydroxyl groups is 1. The lowest BCUT2D eigenvalue weighted by atomic mass is 9.85. The van der Waals surface area contributed by atoms with Crippen LogP contribution in [0.15, 0.2) is 17.1 Å². The molecule has 0 amide bonds. The molecule has 0 saturated carbocycles. The number of aromatic nitrogens is 2.